The van der Waals surface area contributed by atoms with Gasteiger partial charge in [-0.3, -0.25) is 14.2 Å². The van der Waals surface area contributed by atoms with Crippen molar-refractivity contribution in [1.82, 2.24) is 10.1 Å². The van der Waals surface area contributed by atoms with E-state index in [0.717, 1.165) is 0 Å². The van der Waals surface area contributed by atoms with Gasteiger partial charge in [0.05, 0.1) is 17.7 Å². The van der Waals surface area contributed by atoms with Crippen molar-refractivity contribution in [2.45, 2.75) is 19.8 Å². The number of aromatic nitrogens is 2. The Bertz CT molecular complexity index is 487. The first kappa shape index (κ1) is 14.1. The average Bonchev–Trinajstić information content (AvgIpc) is 2.78. The second-order valence-electron chi connectivity index (χ2n) is 4.48. The average molecular weight is 284 g/mol. The van der Waals surface area contributed by atoms with Gasteiger partial charge in [-0.25, -0.2) is 0 Å². The highest BCUT2D eigenvalue weighted by Gasteiger charge is 2.33. The molecule has 9 nitrogen and oxygen atoms in total. The smallest absolute Gasteiger partial charge is 0.318 e. The third-order valence-electron chi connectivity index (χ3n) is 3.24. The molecular formula is C11H16N4O5. The lowest BCUT2D eigenvalue weighted by Crippen LogP contribution is -2.45. The Morgan fingerprint density at radius 2 is 2.20 bits per heavy atom. The van der Waals surface area contributed by atoms with Crippen LogP contribution in [0.1, 0.15) is 30.3 Å². The summed E-state index contributed by atoms with van der Waals surface area (Å²) >= 11 is 0. The molecule has 0 radical (unpaired) electrons. The summed E-state index contributed by atoms with van der Waals surface area (Å²) in [5, 5.41) is 14.5. The molecule has 0 aromatic carbocycles. The van der Waals surface area contributed by atoms with E-state index in [0.29, 0.717) is 32.5 Å². The summed E-state index contributed by atoms with van der Waals surface area (Å²) < 4.78 is 9.21. The quantitative estimate of drug-likeness (QED) is 0.574. The number of piperidine rings is 1. The molecule has 1 aliphatic rings. The monoisotopic (exact) mass is 284 g/mol. The number of ether oxygens (including phenoxy) is 1. The molecule has 0 spiro atoms. The number of nitrogen functional groups attached to an aromatic ring is 1. The summed E-state index contributed by atoms with van der Waals surface area (Å²) in [5.41, 5.74) is 5.10. The number of nitrogens with zero attached hydrogens (tertiary/aromatic N) is 3. The van der Waals surface area contributed by atoms with Crippen LogP contribution in [0.15, 0.2) is 4.63 Å². The minimum atomic E-state index is -0.541. The summed E-state index contributed by atoms with van der Waals surface area (Å²) in [6.07, 6.45) is 0.989. The molecule has 0 bridgehead atoms. The van der Waals surface area contributed by atoms with Gasteiger partial charge in [0.25, 0.3) is 0 Å². The van der Waals surface area contributed by atoms with Gasteiger partial charge in [0, 0.05) is 13.1 Å². The highest BCUT2D eigenvalue weighted by atomic mass is 16.8. The SMILES string of the molecule is CCOC(=O)C1CCN(C(=O)c2c(N)no[n+]2[O-])CC1. The van der Waals surface area contributed by atoms with Crippen LogP contribution in [0.25, 0.3) is 0 Å². The fourth-order valence-corrected chi connectivity index (χ4v) is 2.17. The van der Waals surface area contributed by atoms with Gasteiger partial charge in [0.2, 0.25) is 0 Å². The van der Waals surface area contributed by atoms with Gasteiger partial charge < -0.3 is 20.6 Å². The Labute approximate surface area is 114 Å². The van der Waals surface area contributed by atoms with Gasteiger partial charge in [0.1, 0.15) is 0 Å². The van der Waals surface area contributed by atoms with Crippen LogP contribution in [0, 0.1) is 11.1 Å². The molecule has 1 amide bonds. The number of rotatable bonds is 3. The van der Waals surface area contributed by atoms with Crippen molar-refractivity contribution in [3.05, 3.63) is 10.9 Å². The molecule has 0 unspecified atom stereocenters. The molecule has 0 atom stereocenters. The van der Waals surface area contributed by atoms with Crippen LogP contribution in [-0.2, 0) is 9.53 Å². The van der Waals surface area contributed by atoms with Crippen LogP contribution in [0.3, 0.4) is 0 Å². The molecule has 0 saturated carbocycles. The Morgan fingerprint density at radius 3 is 2.70 bits per heavy atom. The Hall–Kier alpha value is -2.32. The fraction of sp³-hybridized carbons (Fsp3) is 0.636. The topological polar surface area (TPSA) is 126 Å². The molecule has 20 heavy (non-hydrogen) atoms. The summed E-state index contributed by atoms with van der Waals surface area (Å²) in [6, 6.07) is 0. The predicted octanol–water partition coefficient (Wildman–Crippen LogP) is -0.694. The largest absolute Gasteiger partial charge is 0.466 e. The zero-order valence-corrected chi connectivity index (χ0v) is 11.1. The molecule has 1 aromatic heterocycles. The minimum absolute atomic E-state index is 0.00486. The molecular weight excluding hydrogens is 268 g/mol. The van der Waals surface area contributed by atoms with Crippen molar-refractivity contribution in [3.8, 4) is 0 Å². The number of hydrogen-bond acceptors (Lipinski definition) is 7. The van der Waals surface area contributed by atoms with E-state index in [1.165, 1.54) is 4.90 Å². The van der Waals surface area contributed by atoms with Crippen LogP contribution in [0.4, 0.5) is 5.82 Å². The van der Waals surface area contributed by atoms with Crippen molar-refractivity contribution < 1.29 is 23.9 Å². The predicted molar refractivity (Wildman–Crippen MR) is 65.1 cm³/mol. The van der Waals surface area contributed by atoms with Crippen molar-refractivity contribution in [2.24, 2.45) is 5.92 Å². The summed E-state index contributed by atoms with van der Waals surface area (Å²) in [4.78, 5) is 25.1. The number of carbonyl (C=O) groups excluding carboxylic acids is 2. The number of amides is 1. The molecule has 1 saturated heterocycles. The molecule has 110 valence electrons. The number of anilines is 1. The van der Waals surface area contributed by atoms with Crippen LogP contribution in [0.2, 0.25) is 0 Å². The van der Waals surface area contributed by atoms with E-state index in [-0.39, 0.29) is 28.3 Å². The first-order chi connectivity index (χ1) is 9.54. The molecule has 1 aliphatic heterocycles. The summed E-state index contributed by atoms with van der Waals surface area (Å²) in [5.74, 6) is -1.24. The maximum Gasteiger partial charge on any atom is 0.318 e. The lowest BCUT2D eigenvalue weighted by atomic mass is 9.97. The standard InChI is InChI=1S/C11H16N4O5/c1-2-19-11(17)7-3-5-14(6-4-7)10(16)8-9(12)13-20-15(8)18/h7H,2-6H2,1H3,(H2,12,13). The first-order valence-corrected chi connectivity index (χ1v) is 6.35. The van der Waals surface area contributed by atoms with E-state index in [4.69, 9.17) is 10.5 Å². The van der Waals surface area contributed by atoms with E-state index < -0.39 is 5.91 Å². The second-order valence-corrected chi connectivity index (χ2v) is 4.48. The zero-order valence-electron chi connectivity index (χ0n) is 11.1. The number of esters is 1. The van der Waals surface area contributed by atoms with Crippen LogP contribution in [0.5, 0.6) is 0 Å². The second kappa shape index (κ2) is 5.76. The highest BCUT2D eigenvalue weighted by molar-refractivity contribution is 5.94. The van der Waals surface area contributed by atoms with Crippen LogP contribution >= 0.6 is 0 Å². The maximum absolute atomic E-state index is 12.1. The van der Waals surface area contributed by atoms with Crippen LogP contribution < -0.4 is 10.6 Å². The third-order valence-corrected chi connectivity index (χ3v) is 3.24. The molecule has 2 heterocycles. The molecule has 2 rings (SSSR count). The van der Waals surface area contributed by atoms with Gasteiger partial charge >= 0.3 is 23.4 Å². The molecule has 1 aromatic rings. The van der Waals surface area contributed by atoms with E-state index in [2.05, 4.69) is 9.79 Å². The van der Waals surface area contributed by atoms with Crippen molar-refractivity contribution in [1.29, 1.82) is 0 Å². The van der Waals surface area contributed by atoms with Crippen molar-refractivity contribution in [2.75, 3.05) is 25.4 Å². The van der Waals surface area contributed by atoms with E-state index in [1.54, 1.807) is 6.92 Å². The lowest BCUT2D eigenvalue weighted by Gasteiger charge is -2.29. The Balaban J connectivity index is 1.97. The van der Waals surface area contributed by atoms with E-state index in [1.807, 2.05) is 0 Å². The van der Waals surface area contributed by atoms with Crippen molar-refractivity contribution in [3.63, 3.8) is 0 Å². The van der Waals surface area contributed by atoms with Gasteiger partial charge in [0.15, 0.2) is 0 Å². The highest BCUT2D eigenvalue weighted by Crippen LogP contribution is 2.20. The zero-order chi connectivity index (χ0) is 14.7. The Morgan fingerprint density at radius 1 is 1.55 bits per heavy atom. The molecule has 1 fully saturated rings. The number of carbonyl (C=O) groups is 2. The van der Waals surface area contributed by atoms with Gasteiger partial charge in [-0.05, 0) is 24.7 Å². The number of likely N-dealkylation sites (tertiary alicyclic amines) is 1. The van der Waals surface area contributed by atoms with Crippen LogP contribution in [-0.4, -0.2) is 41.6 Å². The maximum atomic E-state index is 12.1. The molecule has 2 N–H and O–H groups in total. The molecule has 9 heteroatoms. The van der Waals surface area contributed by atoms with Crippen molar-refractivity contribution >= 4 is 17.7 Å². The lowest BCUT2D eigenvalue weighted by molar-refractivity contribution is -0.803. The third kappa shape index (κ3) is 2.65. The fourth-order valence-electron chi connectivity index (χ4n) is 2.17. The van der Waals surface area contributed by atoms with Gasteiger partial charge in [-0.2, -0.15) is 0 Å². The first-order valence-electron chi connectivity index (χ1n) is 6.35. The normalized spacial score (nSPS) is 16.1. The van der Waals surface area contributed by atoms with E-state index in [9.17, 15) is 14.8 Å². The summed E-state index contributed by atoms with van der Waals surface area (Å²) in [6.45, 7) is 2.80. The number of hydrogen-bond donors (Lipinski definition) is 1. The summed E-state index contributed by atoms with van der Waals surface area (Å²) in [7, 11) is 0. The van der Waals surface area contributed by atoms with Gasteiger partial charge in [-0.1, -0.05) is 0 Å². The molecule has 0 aliphatic carbocycles. The number of nitrogens with two attached hydrogens (primary N) is 1. The Kier molecular flexibility index (Phi) is 4.06. The van der Waals surface area contributed by atoms with E-state index >= 15 is 0 Å². The van der Waals surface area contributed by atoms with Gasteiger partial charge in [-0.15, -0.1) is 0 Å². The minimum Gasteiger partial charge on any atom is -0.466 e.